The number of fused-ring (bicyclic) bond motifs is 3. The minimum Gasteiger partial charge on any atom is -0.419 e. The second-order valence-corrected chi connectivity index (χ2v) is 16.4. The lowest BCUT2D eigenvalue weighted by atomic mass is 10.0. The van der Waals surface area contributed by atoms with Crippen LogP contribution in [0.2, 0.25) is 0 Å². The Labute approximate surface area is 414 Å². The third kappa shape index (κ3) is 14.3. The first-order chi connectivity index (χ1) is 33.6. The van der Waals surface area contributed by atoms with E-state index in [0.717, 1.165) is 0 Å². The third-order valence-corrected chi connectivity index (χ3v) is 9.30. The first kappa shape index (κ1) is 55.2. The minimum atomic E-state index is -0.743. The summed E-state index contributed by atoms with van der Waals surface area (Å²) in [6, 6.07) is 15.2. The van der Waals surface area contributed by atoms with Gasteiger partial charge in [-0.1, -0.05) is 52.6 Å². The molecule has 16 heteroatoms. The molecule has 0 aromatic heterocycles. The highest BCUT2D eigenvalue weighted by Crippen LogP contribution is 2.41. The summed E-state index contributed by atoms with van der Waals surface area (Å²) in [5, 5.41) is 3.28. The van der Waals surface area contributed by atoms with Crippen molar-refractivity contribution in [3.8, 4) is 46.0 Å². The van der Waals surface area contributed by atoms with Gasteiger partial charge in [-0.3, -0.25) is 0 Å². The summed E-state index contributed by atoms with van der Waals surface area (Å²) in [6.45, 7) is 40.2. The van der Waals surface area contributed by atoms with E-state index in [1.165, 1.54) is 104 Å². The van der Waals surface area contributed by atoms with E-state index in [2.05, 4.69) is 52.6 Å². The SMILES string of the molecule is C=C(C)C(=O)Oc1cc2cc(OC(=O)C(=C)C)c(OC(=O)C(=C)C)cc2cc1OC(=O)C(=C)C.C=C(C)C(=O)Oc1cc2cc3cc(OC(=O)C(=C)C)c(OC(=O)C(=C)C)cc3cc2cc1OC(=O)C(=C)C. The topological polar surface area (TPSA) is 210 Å². The zero-order chi connectivity index (χ0) is 54.0. The second-order valence-electron chi connectivity index (χ2n) is 16.4. The fourth-order valence-corrected chi connectivity index (χ4v) is 5.42. The van der Waals surface area contributed by atoms with Crippen molar-refractivity contribution < 1.29 is 76.3 Å². The van der Waals surface area contributed by atoms with E-state index < -0.39 is 47.8 Å². The molecule has 0 unspecified atom stereocenters. The molecule has 0 bridgehead atoms. The summed E-state index contributed by atoms with van der Waals surface area (Å²) in [4.78, 5) is 97.4. The lowest BCUT2D eigenvalue weighted by Crippen LogP contribution is -2.13. The van der Waals surface area contributed by atoms with E-state index in [0.29, 0.717) is 32.3 Å². The van der Waals surface area contributed by atoms with Gasteiger partial charge >= 0.3 is 47.8 Å². The molecule has 16 nitrogen and oxygen atoms in total. The number of ether oxygens (including phenoxy) is 8. The number of hydrogen-bond donors (Lipinski definition) is 0. The maximum Gasteiger partial charge on any atom is 0.338 e. The van der Waals surface area contributed by atoms with Crippen molar-refractivity contribution in [1.29, 1.82) is 0 Å². The van der Waals surface area contributed by atoms with Crippen molar-refractivity contribution in [3.05, 3.63) is 158 Å². The molecule has 5 aromatic carbocycles. The third-order valence-electron chi connectivity index (χ3n) is 9.30. The highest BCUT2D eigenvalue weighted by Gasteiger charge is 2.23. The van der Waals surface area contributed by atoms with Gasteiger partial charge in [-0.05, 0) is 148 Å². The Morgan fingerprint density at radius 3 is 0.417 bits per heavy atom. The van der Waals surface area contributed by atoms with Gasteiger partial charge in [0.2, 0.25) is 0 Å². The van der Waals surface area contributed by atoms with Crippen molar-refractivity contribution in [2.45, 2.75) is 55.4 Å². The fraction of sp³-hybridized carbons (Fsp3) is 0.143. The van der Waals surface area contributed by atoms with Crippen molar-refractivity contribution in [1.82, 2.24) is 0 Å². The fourth-order valence-electron chi connectivity index (χ4n) is 5.42. The van der Waals surface area contributed by atoms with E-state index in [1.54, 1.807) is 12.1 Å². The molecule has 72 heavy (non-hydrogen) atoms. The van der Waals surface area contributed by atoms with Gasteiger partial charge in [-0.15, -0.1) is 0 Å². The largest absolute Gasteiger partial charge is 0.419 e. The second kappa shape index (κ2) is 23.2. The average molecular weight is 979 g/mol. The van der Waals surface area contributed by atoms with E-state index in [4.69, 9.17) is 37.9 Å². The molecule has 0 aliphatic rings. The molecule has 5 aromatic rings. The molecule has 0 saturated carbocycles. The van der Waals surface area contributed by atoms with Crippen LogP contribution in [0, 0.1) is 0 Å². The van der Waals surface area contributed by atoms with Crippen LogP contribution in [0.4, 0.5) is 0 Å². The van der Waals surface area contributed by atoms with Crippen LogP contribution in [0.25, 0.3) is 32.3 Å². The normalized spacial score (nSPS) is 10.3. The van der Waals surface area contributed by atoms with Gasteiger partial charge in [-0.2, -0.15) is 0 Å². The van der Waals surface area contributed by atoms with Gasteiger partial charge in [0.25, 0.3) is 0 Å². The van der Waals surface area contributed by atoms with Crippen molar-refractivity contribution in [2.24, 2.45) is 0 Å². The number of benzene rings is 5. The number of esters is 8. The van der Waals surface area contributed by atoms with Crippen LogP contribution in [0.15, 0.2) is 158 Å². The quantitative estimate of drug-likeness (QED) is 0.0389. The maximum atomic E-state index is 12.2. The van der Waals surface area contributed by atoms with E-state index in [9.17, 15) is 38.4 Å². The van der Waals surface area contributed by atoms with Crippen LogP contribution in [0.3, 0.4) is 0 Å². The molecule has 0 saturated heterocycles. The standard InChI is InChI=1S/C30H26O8.C26H24O8/c1-15(2)27(31)35-23-11-19-9-21-13-25(37-29(33)17(5)6)26(38-30(34)18(7)8)14-22(21)10-20(19)12-24(23)36-28(32)16(3)4;1-13(2)23(27)31-19-9-17-11-21(33-25(29)15(5)6)22(34-26(30)16(7)8)12-18(17)10-20(19)32-24(28)14(3)4/h9-14H,1,3,5,7H2,2,4,6,8H3;9-12H,1,3,5,7H2,2,4,6,8H3. The lowest BCUT2D eigenvalue weighted by Gasteiger charge is -2.15. The van der Waals surface area contributed by atoms with Gasteiger partial charge in [-0.25, -0.2) is 38.4 Å². The Balaban J connectivity index is 0.000000315. The summed E-state index contributed by atoms with van der Waals surface area (Å²) in [5.74, 6) is -6.10. The molecule has 0 heterocycles. The summed E-state index contributed by atoms with van der Waals surface area (Å²) in [5.41, 5.74) is 1.10. The monoisotopic (exact) mass is 978 g/mol. The Hall–Kier alpha value is -9.44. The Kier molecular flexibility index (Phi) is 17.8. The minimum absolute atomic E-state index is 0.000363. The van der Waals surface area contributed by atoms with Crippen molar-refractivity contribution in [3.63, 3.8) is 0 Å². The Bertz CT molecular complexity index is 2880. The van der Waals surface area contributed by atoms with Gasteiger partial charge in [0, 0.05) is 44.6 Å². The molecule has 0 aliphatic heterocycles. The van der Waals surface area contributed by atoms with Crippen LogP contribution in [-0.2, 0) is 38.4 Å². The van der Waals surface area contributed by atoms with Crippen LogP contribution < -0.4 is 37.9 Å². The Morgan fingerprint density at radius 2 is 0.319 bits per heavy atom. The van der Waals surface area contributed by atoms with E-state index >= 15 is 0 Å². The molecule has 0 spiro atoms. The smallest absolute Gasteiger partial charge is 0.338 e. The van der Waals surface area contributed by atoms with Crippen LogP contribution in [0.5, 0.6) is 46.0 Å². The van der Waals surface area contributed by atoms with E-state index in [-0.39, 0.29) is 90.6 Å². The Morgan fingerprint density at radius 1 is 0.222 bits per heavy atom. The summed E-state index contributed by atoms with van der Waals surface area (Å²) >= 11 is 0. The number of hydrogen-bond acceptors (Lipinski definition) is 16. The average Bonchev–Trinajstić information content (AvgIpc) is 3.28. The van der Waals surface area contributed by atoms with Gasteiger partial charge in [0.15, 0.2) is 46.0 Å². The molecule has 5 rings (SSSR count). The molecule has 0 radical (unpaired) electrons. The van der Waals surface area contributed by atoms with Crippen LogP contribution in [-0.4, -0.2) is 47.8 Å². The van der Waals surface area contributed by atoms with Crippen molar-refractivity contribution in [2.75, 3.05) is 0 Å². The zero-order valence-corrected chi connectivity index (χ0v) is 41.0. The lowest BCUT2D eigenvalue weighted by molar-refractivity contribution is -0.132. The highest BCUT2D eigenvalue weighted by atomic mass is 16.6. The number of carbonyl (C=O) groups excluding carboxylic acids is 8. The van der Waals surface area contributed by atoms with Gasteiger partial charge in [0.1, 0.15) is 0 Å². The predicted octanol–water partition coefficient (Wildman–Crippen LogP) is 10.7. The number of rotatable bonds is 16. The van der Waals surface area contributed by atoms with E-state index in [1.807, 2.05) is 0 Å². The number of carbonyl (C=O) groups is 8. The molecule has 370 valence electrons. The first-order valence-corrected chi connectivity index (χ1v) is 21.3. The molecule has 0 fully saturated rings. The zero-order valence-electron chi connectivity index (χ0n) is 41.0. The molecular formula is C56H50O16. The molecule has 0 aliphatic carbocycles. The van der Waals surface area contributed by atoms with Crippen LogP contribution in [0.1, 0.15) is 55.4 Å². The first-order valence-electron chi connectivity index (χ1n) is 21.3. The molecule has 0 N–H and O–H groups in total. The molecule has 0 atom stereocenters. The highest BCUT2D eigenvalue weighted by molar-refractivity contribution is 6.03. The predicted molar refractivity (Wildman–Crippen MR) is 269 cm³/mol. The van der Waals surface area contributed by atoms with Gasteiger partial charge < -0.3 is 37.9 Å². The summed E-state index contributed by atoms with van der Waals surface area (Å²) in [7, 11) is 0. The van der Waals surface area contributed by atoms with Crippen LogP contribution >= 0.6 is 0 Å². The maximum absolute atomic E-state index is 12.2. The molecule has 0 amide bonds. The summed E-state index contributed by atoms with van der Waals surface area (Å²) in [6.07, 6.45) is 0. The van der Waals surface area contributed by atoms with Gasteiger partial charge in [0.05, 0.1) is 0 Å². The summed E-state index contributed by atoms with van der Waals surface area (Å²) < 4.78 is 42.9. The molecular weight excluding hydrogens is 929 g/mol. The van der Waals surface area contributed by atoms with Crippen molar-refractivity contribution >= 4 is 80.1 Å².